The molecule has 0 aliphatic carbocycles. The highest BCUT2D eigenvalue weighted by Crippen LogP contribution is 2.21. The Labute approximate surface area is 86.1 Å². The topological polar surface area (TPSA) is 35.2 Å². The monoisotopic (exact) mass is 192 g/mol. The molecule has 0 saturated carbocycles. The normalized spacial score (nSPS) is 10.6. The fourth-order valence-corrected chi connectivity index (χ4v) is 1.31. The fraction of sp³-hybridized carbons (Fsp3) is 0.417. The smallest absolute Gasteiger partial charge is 0.124 e. The molecule has 1 aromatic rings. The van der Waals surface area contributed by atoms with Crippen molar-refractivity contribution in [3.63, 3.8) is 0 Å². The minimum absolute atomic E-state index is 0.191. The minimum Gasteiger partial charge on any atom is -0.491 e. The second kappa shape index (κ2) is 5.01. The fourth-order valence-electron chi connectivity index (χ4n) is 1.31. The Morgan fingerprint density at radius 3 is 2.64 bits per heavy atom. The molecular formula is C12H18NO. The van der Waals surface area contributed by atoms with Crippen molar-refractivity contribution in [2.24, 2.45) is 5.73 Å². The first-order valence-corrected chi connectivity index (χ1v) is 4.96. The van der Waals surface area contributed by atoms with Crippen LogP contribution in [-0.4, -0.2) is 6.10 Å². The molecule has 77 valence electrons. The lowest BCUT2D eigenvalue weighted by Gasteiger charge is -2.14. The maximum atomic E-state index is 5.66. The van der Waals surface area contributed by atoms with Crippen molar-refractivity contribution in [2.45, 2.75) is 33.4 Å². The van der Waals surface area contributed by atoms with Gasteiger partial charge in [0.1, 0.15) is 5.75 Å². The Morgan fingerprint density at radius 2 is 2.14 bits per heavy atom. The largest absolute Gasteiger partial charge is 0.491 e. The van der Waals surface area contributed by atoms with Gasteiger partial charge in [0.2, 0.25) is 0 Å². The lowest BCUT2D eigenvalue weighted by atomic mass is 10.1. The quantitative estimate of drug-likeness (QED) is 0.795. The predicted octanol–water partition coefficient (Wildman–Crippen LogP) is 2.50. The molecule has 0 fully saturated rings. The molecule has 0 aliphatic rings. The third-order valence-electron chi connectivity index (χ3n) is 2.00. The van der Waals surface area contributed by atoms with Gasteiger partial charge in [0.05, 0.1) is 6.10 Å². The van der Waals surface area contributed by atoms with E-state index in [2.05, 4.69) is 12.5 Å². The number of benzene rings is 1. The summed E-state index contributed by atoms with van der Waals surface area (Å²) in [4.78, 5) is 0. The van der Waals surface area contributed by atoms with E-state index in [0.717, 1.165) is 11.3 Å². The Morgan fingerprint density at radius 1 is 1.43 bits per heavy atom. The zero-order chi connectivity index (χ0) is 10.6. The number of ether oxygens (including phenoxy) is 1. The van der Waals surface area contributed by atoms with Crippen LogP contribution in [0.3, 0.4) is 0 Å². The molecule has 2 heteroatoms. The summed E-state index contributed by atoms with van der Waals surface area (Å²) in [6.45, 7) is 6.56. The zero-order valence-electron chi connectivity index (χ0n) is 9.08. The lowest BCUT2D eigenvalue weighted by Crippen LogP contribution is -2.09. The van der Waals surface area contributed by atoms with Crippen LogP contribution in [0.4, 0.5) is 0 Å². The highest BCUT2D eigenvalue weighted by molar-refractivity contribution is 5.39. The third kappa shape index (κ3) is 2.74. The van der Waals surface area contributed by atoms with Gasteiger partial charge in [-0.2, -0.15) is 0 Å². The van der Waals surface area contributed by atoms with Crippen molar-refractivity contribution in [2.75, 3.05) is 0 Å². The van der Waals surface area contributed by atoms with Crippen molar-refractivity contribution in [1.82, 2.24) is 0 Å². The number of hydrogen-bond acceptors (Lipinski definition) is 2. The van der Waals surface area contributed by atoms with Gasteiger partial charge in [-0.15, -0.1) is 0 Å². The molecule has 0 heterocycles. The maximum absolute atomic E-state index is 5.66. The molecule has 0 unspecified atom stereocenters. The van der Waals surface area contributed by atoms with Crippen LogP contribution in [-0.2, 0) is 6.54 Å². The molecule has 0 bridgehead atoms. The lowest BCUT2D eigenvalue weighted by molar-refractivity contribution is 0.240. The Kier molecular flexibility index (Phi) is 3.96. The SMILES string of the molecule is C[CH]c1ccc(OC(C)C)c(CN)c1. The van der Waals surface area contributed by atoms with Crippen LogP contribution in [0.25, 0.3) is 0 Å². The first-order valence-electron chi connectivity index (χ1n) is 4.96. The van der Waals surface area contributed by atoms with E-state index in [1.54, 1.807) is 0 Å². The van der Waals surface area contributed by atoms with Crippen LogP contribution < -0.4 is 10.5 Å². The van der Waals surface area contributed by atoms with E-state index < -0.39 is 0 Å². The highest BCUT2D eigenvalue weighted by Gasteiger charge is 2.04. The predicted molar refractivity (Wildman–Crippen MR) is 59.2 cm³/mol. The third-order valence-corrected chi connectivity index (χ3v) is 2.00. The van der Waals surface area contributed by atoms with E-state index in [-0.39, 0.29) is 6.10 Å². The molecule has 2 N–H and O–H groups in total. The van der Waals surface area contributed by atoms with Crippen LogP contribution in [0.5, 0.6) is 5.75 Å². The summed E-state index contributed by atoms with van der Waals surface area (Å²) in [5.74, 6) is 0.896. The van der Waals surface area contributed by atoms with Gasteiger partial charge in [0.25, 0.3) is 0 Å². The van der Waals surface area contributed by atoms with Crippen molar-refractivity contribution < 1.29 is 4.74 Å². The molecule has 0 aromatic heterocycles. The summed E-state index contributed by atoms with van der Waals surface area (Å²) in [6, 6.07) is 6.09. The first-order chi connectivity index (χ1) is 6.67. The Hall–Kier alpha value is -1.02. The molecule has 0 aliphatic heterocycles. The molecule has 14 heavy (non-hydrogen) atoms. The summed E-state index contributed by atoms with van der Waals surface area (Å²) in [5, 5.41) is 0. The summed E-state index contributed by atoms with van der Waals surface area (Å²) < 4.78 is 5.64. The molecule has 0 atom stereocenters. The van der Waals surface area contributed by atoms with Gasteiger partial charge < -0.3 is 10.5 Å². The Bertz CT molecular complexity index is 294. The van der Waals surface area contributed by atoms with E-state index in [1.165, 1.54) is 5.56 Å². The average molecular weight is 192 g/mol. The van der Waals surface area contributed by atoms with Crippen LogP contribution >= 0.6 is 0 Å². The molecule has 1 aromatic carbocycles. The molecule has 0 spiro atoms. The van der Waals surface area contributed by atoms with Crippen LogP contribution in [0.15, 0.2) is 18.2 Å². The number of hydrogen-bond donors (Lipinski definition) is 1. The molecule has 1 radical (unpaired) electrons. The van der Waals surface area contributed by atoms with Gasteiger partial charge in [0, 0.05) is 12.1 Å². The maximum Gasteiger partial charge on any atom is 0.124 e. The van der Waals surface area contributed by atoms with Gasteiger partial charge in [0.15, 0.2) is 0 Å². The first kappa shape index (κ1) is 11.1. The molecule has 2 nitrogen and oxygen atoms in total. The van der Waals surface area contributed by atoms with Crippen molar-refractivity contribution in [3.8, 4) is 5.75 Å². The summed E-state index contributed by atoms with van der Waals surface area (Å²) >= 11 is 0. The number of rotatable bonds is 4. The standard InChI is InChI=1S/C12H18NO/c1-4-10-5-6-12(14-9(2)3)11(7-10)8-13/h4-7,9H,8,13H2,1-3H3. The van der Waals surface area contributed by atoms with Crippen LogP contribution in [0.2, 0.25) is 0 Å². The summed E-state index contributed by atoms with van der Waals surface area (Å²) in [5.41, 5.74) is 7.90. The second-order valence-electron chi connectivity index (χ2n) is 3.53. The number of nitrogens with two attached hydrogens (primary N) is 1. The van der Waals surface area contributed by atoms with Gasteiger partial charge >= 0.3 is 0 Å². The second-order valence-corrected chi connectivity index (χ2v) is 3.53. The van der Waals surface area contributed by atoms with Gasteiger partial charge in [-0.25, -0.2) is 0 Å². The van der Waals surface area contributed by atoms with E-state index in [1.807, 2.05) is 32.9 Å². The van der Waals surface area contributed by atoms with Crippen molar-refractivity contribution >= 4 is 0 Å². The van der Waals surface area contributed by atoms with Gasteiger partial charge in [-0.05, 0) is 31.9 Å². The van der Waals surface area contributed by atoms with Crippen molar-refractivity contribution in [1.29, 1.82) is 0 Å². The van der Waals surface area contributed by atoms with E-state index >= 15 is 0 Å². The van der Waals surface area contributed by atoms with E-state index in [4.69, 9.17) is 10.5 Å². The molecular weight excluding hydrogens is 174 g/mol. The minimum atomic E-state index is 0.191. The average Bonchev–Trinajstić information content (AvgIpc) is 2.17. The summed E-state index contributed by atoms with van der Waals surface area (Å²) in [7, 11) is 0. The summed E-state index contributed by atoms with van der Waals surface area (Å²) in [6.07, 6.45) is 2.25. The van der Waals surface area contributed by atoms with Gasteiger partial charge in [-0.1, -0.05) is 19.1 Å². The van der Waals surface area contributed by atoms with Crippen LogP contribution in [0.1, 0.15) is 31.9 Å². The van der Waals surface area contributed by atoms with E-state index in [0.29, 0.717) is 6.54 Å². The molecule has 0 amide bonds. The molecule has 0 saturated heterocycles. The van der Waals surface area contributed by atoms with Gasteiger partial charge in [-0.3, -0.25) is 0 Å². The van der Waals surface area contributed by atoms with E-state index in [9.17, 15) is 0 Å². The van der Waals surface area contributed by atoms with Crippen molar-refractivity contribution in [3.05, 3.63) is 35.7 Å². The Balaban J connectivity index is 2.93. The van der Waals surface area contributed by atoms with Crippen LogP contribution in [0, 0.1) is 6.42 Å². The molecule has 1 rings (SSSR count). The zero-order valence-corrected chi connectivity index (χ0v) is 9.08. The highest BCUT2D eigenvalue weighted by atomic mass is 16.5.